The number of halogens is 2. The van der Waals surface area contributed by atoms with E-state index < -0.39 is 0 Å². The van der Waals surface area contributed by atoms with E-state index in [0.717, 1.165) is 58.2 Å². The minimum atomic E-state index is 0. The molecule has 3 rings (SSSR count). The predicted molar refractivity (Wildman–Crippen MR) is 106 cm³/mol. The van der Waals surface area contributed by atoms with E-state index >= 15 is 0 Å². The van der Waals surface area contributed by atoms with Crippen LogP contribution in [0.2, 0.25) is 0 Å². The number of hydrogen-bond donors (Lipinski definition) is 1. The van der Waals surface area contributed by atoms with Gasteiger partial charge in [-0.1, -0.05) is 6.07 Å². The van der Waals surface area contributed by atoms with E-state index in [9.17, 15) is 4.79 Å². The van der Waals surface area contributed by atoms with Crippen LogP contribution in [0.3, 0.4) is 0 Å². The quantitative estimate of drug-likeness (QED) is 0.839. The van der Waals surface area contributed by atoms with Crippen LogP contribution in [0.5, 0.6) is 0 Å². The van der Waals surface area contributed by atoms with Crippen LogP contribution in [0.1, 0.15) is 13.3 Å². The molecule has 0 unspecified atom stereocenters. The van der Waals surface area contributed by atoms with E-state index in [1.807, 2.05) is 23.2 Å². The Balaban J connectivity index is 0.00000156. The smallest absolute Gasteiger partial charge is 0.224 e. The predicted octanol–water partition coefficient (Wildman–Crippen LogP) is 1.26. The van der Waals surface area contributed by atoms with Gasteiger partial charge in [-0.05, 0) is 19.1 Å². The number of nitrogens with zero attached hydrogens (tertiary/aromatic N) is 4. The molecule has 0 aliphatic carbocycles. The van der Waals surface area contributed by atoms with Gasteiger partial charge in [0, 0.05) is 71.0 Å². The number of piperazine rings is 2. The van der Waals surface area contributed by atoms with Gasteiger partial charge in [-0.15, -0.1) is 24.8 Å². The molecule has 142 valence electrons. The Morgan fingerprint density at radius 2 is 1.96 bits per heavy atom. The zero-order chi connectivity index (χ0) is 16.1. The molecule has 0 aromatic carbocycles. The Hall–Kier alpha value is -1.08. The number of carbonyl (C=O) groups excluding carboxylic acids is 1. The van der Waals surface area contributed by atoms with Crippen LogP contribution in [-0.4, -0.2) is 79.1 Å². The summed E-state index contributed by atoms with van der Waals surface area (Å²) in [5.41, 5.74) is 0. The maximum Gasteiger partial charge on any atom is 0.224 e. The summed E-state index contributed by atoms with van der Waals surface area (Å²) in [5.74, 6) is 1.35. The number of pyridine rings is 1. The zero-order valence-electron chi connectivity index (χ0n) is 14.8. The minimum absolute atomic E-state index is 0. The third-order valence-electron chi connectivity index (χ3n) is 4.81. The van der Waals surface area contributed by atoms with Crippen LogP contribution in [0, 0.1) is 0 Å². The average Bonchev–Trinajstić information content (AvgIpc) is 2.61. The third kappa shape index (κ3) is 5.99. The van der Waals surface area contributed by atoms with E-state index in [1.54, 1.807) is 0 Å². The first-order valence-corrected chi connectivity index (χ1v) is 8.62. The van der Waals surface area contributed by atoms with Crippen molar-refractivity contribution < 1.29 is 4.79 Å². The van der Waals surface area contributed by atoms with Crippen LogP contribution in [0.15, 0.2) is 24.4 Å². The van der Waals surface area contributed by atoms with Gasteiger partial charge in [-0.3, -0.25) is 9.69 Å². The van der Waals surface area contributed by atoms with Gasteiger partial charge < -0.3 is 15.1 Å². The van der Waals surface area contributed by atoms with E-state index in [1.165, 1.54) is 0 Å². The molecule has 1 aromatic heterocycles. The fourth-order valence-corrected chi connectivity index (χ4v) is 3.35. The summed E-state index contributed by atoms with van der Waals surface area (Å²) in [5, 5.41) is 3.33. The molecule has 1 amide bonds. The highest BCUT2D eigenvalue weighted by Gasteiger charge is 2.24. The molecule has 1 N–H and O–H groups in total. The zero-order valence-corrected chi connectivity index (χ0v) is 16.4. The van der Waals surface area contributed by atoms with Crippen LogP contribution >= 0.6 is 24.8 Å². The molecular weight excluding hydrogens is 361 g/mol. The molecule has 0 radical (unpaired) electrons. The maximum atomic E-state index is 12.4. The first-order chi connectivity index (χ1) is 11.2. The van der Waals surface area contributed by atoms with Crippen molar-refractivity contribution in [2.24, 2.45) is 0 Å². The van der Waals surface area contributed by atoms with Gasteiger partial charge in [0.25, 0.3) is 0 Å². The third-order valence-corrected chi connectivity index (χ3v) is 4.81. The summed E-state index contributed by atoms with van der Waals surface area (Å²) in [6.45, 7) is 9.62. The average molecular weight is 390 g/mol. The molecule has 25 heavy (non-hydrogen) atoms. The van der Waals surface area contributed by atoms with E-state index in [2.05, 4.69) is 33.1 Å². The molecule has 2 fully saturated rings. The second kappa shape index (κ2) is 10.8. The van der Waals surface area contributed by atoms with Crippen LogP contribution in [0.4, 0.5) is 5.82 Å². The SMILES string of the molecule is C[C@@H]1CNCCN1C(=O)CCN1CCN(c2ccccn2)CC1.Cl.Cl. The van der Waals surface area contributed by atoms with Crippen molar-refractivity contribution in [2.75, 3.05) is 57.3 Å². The van der Waals surface area contributed by atoms with Crippen LogP contribution < -0.4 is 10.2 Å². The highest BCUT2D eigenvalue weighted by molar-refractivity contribution is 5.85. The van der Waals surface area contributed by atoms with Crippen molar-refractivity contribution in [3.05, 3.63) is 24.4 Å². The normalized spacial score (nSPS) is 21.2. The van der Waals surface area contributed by atoms with Crippen molar-refractivity contribution >= 4 is 36.5 Å². The van der Waals surface area contributed by atoms with Gasteiger partial charge in [-0.2, -0.15) is 0 Å². The lowest BCUT2D eigenvalue weighted by molar-refractivity contribution is -0.134. The minimum Gasteiger partial charge on any atom is -0.354 e. The summed E-state index contributed by atoms with van der Waals surface area (Å²) in [6.07, 6.45) is 2.48. The summed E-state index contributed by atoms with van der Waals surface area (Å²) < 4.78 is 0. The molecule has 2 aliphatic rings. The molecule has 3 heterocycles. The highest BCUT2D eigenvalue weighted by Crippen LogP contribution is 2.13. The number of amides is 1. The Labute approximate surface area is 162 Å². The first kappa shape index (κ1) is 22.0. The number of hydrogen-bond acceptors (Lipinski definition) is 5. The van der Waals surface area contributed by atoms with Crippen molar-refractivity contribution in [3.63, 3.8) is 0 Å². The van der Waals surface area contributed by atoms with Gasteiger partial charge in [0.2, 0.25) is 5.91 Å². The first-order valence-electron chi connectivity index (χ1n) is 8.62. The summed E-state index contributed by atoms with van der Waals surface area (Å²) >= 11 is 0. The Morgan fingerprint density at radius 1 is 1.20 bits per heavy atom. The van der Waals surface area contributed by atoms with Gasteiger partial charge in [0.15, 0.2) is 0 Å². The van der Waals surface area contributed by atoms with Crippen molar-refractivity contribution in [1.82, 2.24) is 20.1 Å². The molecule has 8 heteroatoms. The molecular formula is C17H29Cl2N5O. The van der Waals surface area contributed by atoms with E-state index in [0.29, 0.717) is 18.4 Å². The van der Waals surface area contributed by atoms with Gasteiger partial charge in [0.05, 0.1) is 0 Å². The van der Waals surface area contributed by atoms with Crippen LogP contribution in [0.25, 0.3) is 0 Å². The maximum absolute atomic E-state index is 12.4. The molecule has 1 aromatic rings. The number of carbonyl (C=O) groups is 1. The largest absolute Gasteiger partial charge is 0.354 e. The summed E-state index contributed by atoms with van der Waals surface area (Å²) in [7, 11) is 0. The topological polar surface area (TPSA) is 51.7 Å². The molecule has 0 saturated carbocycles. The molecule has 2 saturated heterocycles. The molecule has 0 spiro atoms. The lowest BCUT2D eigenvalue weighted by Crippen LogP contribution is -2.53. The van der Waals surface area contributed by atoms with Gasteiger partial charge >= 0.3 is 0 Å². The van der Waals surface area contributed by atoms with E-state index in [4.69, 9.17) is 0 Å². The Bertz CT molecular complexity index is 511. The molecule has 6 nitrogen and oxygen atoms in total. The number of aromatic nitrogens is 1. The monoisotopic (exact) mass is 389 g/mol. The molecule has 0 bridgehead atoms. The second-order valence-corrected chi connectivity index (χ2v) is 6.41. The Morgan fingerprint density at radius 3 is 2.60 bits per heavy atom. The van der Waals surface area contributed by atoms with Crippen LogP contribution in [-0.2, 0) is 4.79 Å². The summed E-state index contributed by atoms with van der Waals surface area (Å²) in [4.78, 5) is 23.5. The van der Waals surface area contributed by atoms with Gasteiger partial charge in [0.1, 0.15) is 5.82 Å². The summed E-state index contributed by atoms with van der Waals surface area (Å²) in [6, 6.07) is 6.35. The number of anilines is 1. The lowest BCUT2D eigenvalue weighted by Gasteiger charge is -2.37. The fraction of sp³-hybridized carbons (Fsp3) is 0.647. The van der Waals surface area contributed by atoms with Gasteiger partial charge in [-0.25, -0.2) is 4.98 Å². The second-order valence-electron chi connectivity index (χ2n) is 6.41. The number of nitrogens with one attached hydrogen (secondary N) is 1. The number of rotatable bonds is 4. The van der Waals surface area contributed by atoms with Crippen molar-refractivity contribution in [3.8, 4) is 0 Å². The standard InChI is InChI=1S/C17H27N5O.2ClH/c1-15-14-18-7-9-22(15)17(23)5-8-20-10-12-21(13-11-20)16-4-2-3-6-19-16;;/h2-4,6,15,18H,5,7-14H2,1H3;2*1H/t15-;;/m1../s1. The fourth-order valence-electron chi connectivity index (χ4n) is 3.35. The molecule has 1 atom stereocenters. The van der Waals surface area contributed by atoms with Crippen molar-refractivity contribution in [2.45, 2.75) is 19.4 Å². The lowest BCUT2D eigenvalue weighted by atomic mass is 10.2. The van der Waals surface area contributed by atoms with Crippen molar-refractivity contribution in [1.29, 1.82) is 0 Å². The molecule has 2 aliphatic heterocycles. The highest BCUT2D eigenvalue weighted by atomic mass is 35.5. The Kier molecular flexibility index (Phi) is 9.50. The van der Waals surface area contributed by atoms with E-state index in [-0.39, 0.29) is 24.8 Å².